The van der Waals surface area contributed by atoms with Crippen molar-refractivity contribution in [3.8, 4) is 0 Å². The molecule has 1 amide bonds. The van der Waals surface area contributed by atoms with E-state index in [4.69, 9.17) is 0 Å². The number of rotatable bonds is 3. The fourth-order valence-corrected chi connectivity index (χ4v) is 3.01. The van der Waals surface area contributed by atoms with Crippen LogP contribution in [0.25, 0.3) is 0 Å². The van der Waals surface area contributed by atoms with E-state index in [0.29, 0.717) is 5.69 Å². The summed E-state index contributed by atoms with van der Waals surface area (Å²) in [5.74, 6) is 1.57. The minimum Gasteiger partial charge on any atom is -0.351 e. The van der Waals surface area contributed by atoms with Gasteiger partial charge in [0.1, 0.15) is 11.5 Å². The van der Waals surface area contributed by atoms with Gasteiger partial charge < -0.3 is 10.3 Å². The smallest absolute Gasteiger partial charge is 0.271 e. The summed E-state index contributed by atoms with van der Waals surface area (Å²) in [6.45, 7) is 2.81. The molecule has 2 N–H and O–H groups in total. The van der Waals surface area contributed by atoms with Crippen LogP contribution in [0.2, 0.25) is 0 Å². The number of imidazole rings is 1. The zero-order valence-electron chi connectivity index (χ0n) is 11.4. The molecule has 0 aliphatic carbocycles. The maximum atomic E-state index is 11.8. The number of carbonyl (C=O) groups is 1. The van der Waals surface area contributed by atoms with Crippen LogP contribution in [0.4, 0.5) is 0 Å². The number of H-pyrrole nitrogens is 1. The van der Waals surface area contributed by atoms with Crippen LogP contribution in [0.15, 0.2) is 29.2 Å². The van der Waals surface area contributed by atoms with Crippen LogP contribution in [-0.2, 0) is 12.2 Å². The number of thioether (sulfide) groups is 1. The standard InChI is InChI=1S/C15H17N3OS/c1-10-4-6-11(7-5-10)20-9-13-17-12-3-2-8-16-15(19)14(12)18-13/h4-7H,2-3,8-9H2,1H3,(H,16,19)(H,17,18). The number of fused-ring (bicyclic) bond motifs is 1. The van der Waals surface area contributed by atoms with Gasteiger partial charge in [0.2, 0.25) is 0 Å². The molecule has 3 rings (SSSR count). The average molecular weight is 287 g/mol. The Morgan fingerprint density at radius 1 is 1.30 bits per heavy atom. The first kappa shape index (κ1) is 13.2. The molecule has 1 aromatic heterocycles. The number of aromatic amines is 1. The highest BCUT2D eigenvalue weighted by molar-refractivity contribution is 7.98. The Hall–Kier alpha value is -1.75. The number of benzene rings is 1. The third kappa shape index (κ3) is 2.88. The molecule has 0 unspecified atom stereocenters. The lowest BCUT2D eigenvalue weighted by molar-refractivity contribution is 0.0951. The number of hydrogen-bond donors (Lipinski definition) is 2. The van der Waals surface area contributed by atoms with Crippen molar-refractivity contribution in [3.05, 3.63) is 47.0 Å². The number of aromatic nitrogens is 2. The number of amides is 1. The van der Waals surface area contributed by atoms with Gasteiger partial charge in [-0.15, -0.1) is 11.8 Å². The number of hydrogen-bond acceptors (Lipinski definition) is 3. The van der Waals surface area contributed by atoms with Crippen molar-refractivity contribution in [2.45, 2.75) is 30.4 Å². The summed E-state index contributed by atoms with van der Waals surface area (Å²) in [5.41, 5.74) is 2.80. The van der Waals surface area contributed by atoms with Crippen molar-refractivity contribution < 1.29 is 4.79 Å². The Labute approximate surface area is 122 Å². The molecule has 2 heterocycles. The number of aryl methyl sites for hydroxylation is 2. The van der Waals surface area contributed by atoms with Crippen LogP contribution in [-0.4, -0.2) is 22.4 Å². The van der Waals surface area contributed by atoms with Crippen LogP contribution in [0.5, 0.6) is 0 Å². The van der Waals surface area contributed by atoms with Crippen molar-refractivity contribution >= 4 is 17.7 Å². The lowest BCUT2D eigenvalue weighted by atomic mass is 10.2. The van der Waals surface area contributed by atoms with Gasteiger partial charge >= 0.3 is 0 Å². The Kier molecular flexibility index (Phi) is 3.78. The zero-order valence-corrected chi connectivity index (χ0v) is 12.2. The fourth-order valence-electron chi connectivity index (χ4n) is 2.24. The second kappa shape index (κ2) is 5.71. The van der Waals surface area contributed by atoms with Crippen LogP contribution in [0, 0.1) is 6.92 Å². The molecule has 0 bridgehead atoms. The minimum absolute atomic E-state index is 0.0552. The lowest BCUT2D eigenvalue weighted by Gasteiger charge is -2.00. The first-order valence-electron chi connectivity index (χ1n) is 6.78. The molecule has 2 aromatic rings. The van der Waals surface area contributed by atoms with Gasteiger partial charge in [-0.1, -0.05) is 17.7 Å². The quantitative estimate of drug-likeness (QED) is 0.853. The molecule has 1 aromatic carbocycles. The van der Waals surface area contributed by atoms with Gasteiger partial charge in [-0.2, -0.15) is 0 Å². The minimum atomic E-state index is -0.0552. The molecule has 0 spiro atoms. The third-order valence-corrected chi connectivity index (χ3v) is 4.35. The summed E-state index contributed by atoms with van der Waals surface area (Å²) in [6.07, 6.45) is 1.85. The third-order valence-electron chi connectivity index (χ3n) is 3.33. The first-order valence-corrected chi connectivity index (χ1v) is 7.76. The lowest BCUT2D eigenvalue weighted by Crippen LogP contribution is -2.23. The van der Waals surface area contributed by atoms with Gasteiger partial charge in [-0.05, 0) is 31.9 Å². The van der Waals surface area contributed by atoms with Crippen LogP contribution in [0.1, 0.15) is 34.0 Å². The van der Waals surface area contributed by atoms with Gasteiger partial charge in [0, 0.05) is 17.1 Å². The van der Waals surface area contributed by atoms with Crippen molar-refractivity contribution in [2.75, 3.05) is 6.54 Å². The number of nitrogens with zero attached hydrogens (tertiary/aromatic N) is 1. The van der Waals surface area contributed by atoms with Crippen molar-refractivity contribution in [3.63, 3.8) is 0 Å². The first-order chi connectivity index (χ1) is 9.72. The topological polar surface area (TPSA) is 57.8 Å². The highest BCUT2D eigenvalue weighted by atomic mass is 32.2. The van der Waals surface area contributed by atoms with Crippen LogP contribution < -0.4 is 5.32 Å². The highest BCUT2D eigenvalue weighted by Crippen LogP contribution is 2.23. The molecular formula is C15H17N3OS. The number of carbonyl (C=O) groups excluding carboxylic acids is 1. The molecule has 5 heteroatoms. The summed E-state index contributed by atoms with van der Waals surface area (Å²) in [6, 6.07) is 8.43. The van der Waals surface area contributed by atoms with Gasteiger partial charge in [-0.25, -0.2) is 4.98 Å². The average Bonchev–Trinajstić information content (AvgIpc) is 2.79. The van der Waals surface area contributed by atoms with Crippen molar-refractivity contribution in [1.29, 1.82) is 0 Å². The molecule has 0 saturated carbocycles. The van der Waals surface area contributed by atoms with Gasteiger partial charge in [0.25, 0.3) is 5.91 Å². The summed E-state index contributed by atoms with van der Waals surface area (Å²) in [7, 11) is 0. The SMILES string of the molecule is Cc1ccc(SCc2nc3c([nH]2)CCCNC3=O)cc1. The van der Waals surface area contributed by atoms with Crippen molar-refractivity contribution in [1.82, 2.24) is 15.3 Å². The van der Waals surface area contributed by atoms with E-state index < -0.39 is 0 Å². The second-order valence-electron chi connectivity index (χ2n) is 4.97. The predicted octanol–water partition coefficient (Wildman–Crippen LogP) is 2.69. The predicted molar refractivity (Wildman–Crippen MR) is 80.0 cm³/mol. The largest absolute Gasteiger partial charge is 0.351 e. The second-order valence-corrected chi connectivity index (χ2v) is 6.02. The molecule has 0 radical (unpaired) electrons. The monoisotopic (exact) mass is 287 g/mol. The zero-order chi connectivity index (χ0) is 13.9. The molecule has 1 aliphatic rings. The van der Waals surface area contributed by atoms with Gasteiger partial charge in [0.05, 0.1) is 5.75 Å². The van der Waals surface area contributed by atoms with E-state index in [1.165, 1.54) is 10.5 Å². The molecule has 0 saturated heterocycles. The Balaban J connectivity index is 1.71. The Morgan fingerprint density at radius 3 is 2.90 bits per heavy atom. The molecular weight excluding hydrogens is 270 g/mol. The summed E-state index contributed by atoms with van der Waals surface area (Å²) < 4.78 is 0. The summed E-state index contributed by atoms with van der Waals surface area (Å²) in [4.78, 5) is 20.8. The summed E-state index contributed by atoms with van der Waals surface area (Å²) in [5, 5.41) is 2.87. The fraction of sp³-hybridized carbons (Fsp3) is 0.333. The molecule has 0 atom stereocenters. The Bertz CT molecular complexity index is 619. The van der Waals surface area contributed by atoms with E-state index in [9.17, 15) is 4.79 Å². The summed E-state index contributed by atoms with van der Waals surface area (Å²) >= 11 is 1.73. The molecule has 20 heavy (non-hydrogen) atoms. The van der Waals surface area contributed by atoms with Crippen molar-refractivity contribution in [2.24, 2.45) is 0 Å². The molecule has 0 fully saturated rings. The van der Waals surface area contributed by atoms with Gasteiger partial charge in [0.15, 0.2) is 0 Å². The van der Waals surface area contributed by atoms with E-state index in [1.807, 2.05) is 0 Å². The maximum Gasteiger partial charge on any atom is 0.271 e. The van der Waals surface area contributed by atoms with Crippen LogP contribution in [0.3, 0.4) is 0 Å². The molecule has 1 aliphatic heterocycles. The molecule has 104 valence electrons. The molecule has 4 nitrogen and oxygen atoms in total. The van der Waals surface area contributed by atoms with Gasteiger partial charge in [-0.3, -0.25) is 4.79 Å². The van der Waals surface area contributed by atoms with E-state index in [2.05, 4.69) is 46.5 Å². The highest BCUT2D eigenvalue weighted by Gasteiger charge is 2.19. The van der Waals surface area contributed by atoms with E-state index in [0.717, 1.165) is 36.7 Å². The normalized spacial score (nSPS) is 14.6. The van der Waals surface area contributed by atoms with Crippen LogP contribution >= 0.6 is 11.8 Å². The van der Waals surface area contributed by atoms with E-state index in [1.54, 1.807) is 11.8 Å². The Morgan fingerprint density at radius 2 is 2.10 bits per heavy atom. The maximum absolute atomic E-state index is 11.8. The van der Waals surface area contributed by atoms with E-state index in [-0.39, 0.29) is 5.91 Å². The number of nitrogens with one attached hydrogen (secondary N) is 2. The van der Waals surface area contributed by atoms with E-state index >= 15 is 0 Å².